The molecular formula is C22H32ClNO5. The fraction of sp³-hybridized carbons (Fsp3) is 0.545. The third-order valence-corrected chi connectivity index (χ3v) is 4.75. The van der Waals surface area contributed by atoms with Crippen LogP contribution in [0.3, 0.4) is 0 Å². The van der Waals surface area contributed by atoms with Crippen LogP contribution in [0.4, 0.5) is 0 Å². The summed E-state index contributed by atoms with van der Waals surface area (Å²) in [6, 6.07) is 5.58. The number of allylic oxidation sites excluding steroid dienone is 1. The molecule has 0 aromatic heterocycles. The first-order chi connectivity index (χ1) is 13.6. The Hall–Kier alpha value is -2.05. The number of nitrogens with zero attached hydrogens (tertiary/aromatic N) is 1. The first-order valence-corrected chi connectivity index (χ1v) is 9.98. The number of hydrogen-bond acceptors (Lipinski definition) is 6. The van der Waals surface area contributed by atoms with Gasteiger partial charge < -0.3 is 19.1 Å². The molecule has 1 aliphatic heterocycles. The van der Waals surface area contributed by atoms with Crippen LogP contribution in [0.2, 0.25) is 0 Å². The van der Waals surface area contributed by atoms with Crippen LogP contribution in [-0.2, 0) is 14.3 Å². The number of carbonyl (C=O) groups is 2. The zero-order valence-electron chi connectivity index (χ0n) is 17.5. The van der Waals surface area contributed by atoms with Crippen molar-refractivity contribution in [2.45, 2.75) is 33.1 Å². The van der Waals surface area contributed by atoms with E-state index in [0.717, 1.165) is 24.9 Å². The van der Waals surface area contributed by atoms with Crippen LogP contribution in [0.25, 0.3) is 6.08 Å². The number of ether oxygens (including phenoxy) is 3. The molecule has 1 heterocycles. The molecule has 0 saturated carbocycles. The topological polar surface area (TPSA) is 65.1 Å². The molecule has 7 heteroatoms. The molecular weight excluding hydrogens is 394 g/mol. The van der Waals surface area contributed by atoms with Gasteiger partial charge in [-0.05, 0) is 57.0 Å². The second-order valence-corrected chi connectivity index (χ2v) is 6.78. The Morgan fingerprint density at radius 2 is 2.00 bits per heavy atom. The Labute approximate surface area is 179 Å². The van der Waals surface area contributed by atoms with E-state index in [9.17, 15) is 9.59 Å². The molecule has 1 aromatic rings. The largest absolute Gasteiger partial charge is 0.493 e. The minimum Gasteiger partial charge on any atom is -0.493 e. The average Bonchev–Trinajstić information content (AvgIpc) is 2.71. The predicted octanol–water partition coefficient (Wildman–Crippen LogP) is 3.76. The number of methoxy groups -OCH3 is 1. The van der Waals surface area contributed by atoms with Crippen molar-refractivity contribution in [3.63, 3.8) is 0 Å². The van der Waals surface area contributed by atoms with Crippen molar-refractivity contribution in [2.75, 3.05) is 40.0 Å². The predicted molar refractivity (Wildman–Crippen MR) is 116 cm³/mol. The van der Waals surface area contributed by atoms with E-state index in [-0.39, 0.29) is 30.1 Å². The molecule has 0 radical (unpaired) electrons. The van der Waals surface area contributed by atoms with Gasteiger partial charge in [-0.3, -0.25) is 9.59 Å². The van der Waals surface area contributed by atoms with Crippen molar-refractivity contribution in [1.29, 1.82) is 0 Å². The molecule has 29 heavy (non-hydrogen) atoms. The third kappa shape index (κ3) is 8.07. The zero-order valence-corrected chi connectivity index (χ0v) is 18.3. The summed E-state index contributed by atoms with van der Waals surface area (Å²) in [6.45, 7) is 6.95. The number of esters is 1. The Morgan fingerprint density at radius 3 is 2.69 bits per heavy atom. The Morgan fingerprint density at radius 1 is 1.21 bits per heavy atom. The van der Waals surface area contributed by atoms with Gasteiger partial charge in [0, 0.05) is 19.5 Å². The van der Waals surface area contributed by atoms with Gasteiger partial charge in [-0.1, -0.05) is 12.1 Å². The van der Waals surface area contributed by atoms with E-state index in [1.165, 1.54) is 0 Å². The Kier molecular flexibility index (Phi) is 11.4. The van der Waals surface area contributed by atoms with Crippen molar-refractivity contribution in [3.8, 4) is 11.5 Å². The van der Waals surface area contributed by atoms with Gasteiger partial charge in [0.15, 0.2) is 17.3 Å². The first kappa shape index (κ1) is 25.0. The number of rotatable bonds is 10. The van der Waals surface area contributed by atoms with Gasteiger partial charge >= 0.3 is 5.97 Å². The van der Waals surface area contributed by atoms with E-state index in [1.54, 1.807) is 19.3 Å². The number of halogens is 1. The molecule has 1 aliphatic rings. The number of ketones is 1. The molecule has 0 amide bonds. The van der Waals surface area contributed by atoms with Gasteiger partial charge in [0.1, 0.15) is 0 Å². The van der Waals surface area contributed by atoms with Gasteiger partial charge in [-0.15, -0.1) is 12.4 Å². The van der Waals surface area contributed by atoms with Crippen LogP contribution in [0.5, 0.6) is 11.5 Å². The van der Waals surface area contributed by atoms with E-state index in [2.05, 4.69) is 4.90 Å². The standard InChI is InChI=1S/C22H31NO5.ClH/c1-4-27-21-15-17(9-11-20(21)26-3)8-10-19(24)12-14-23-13-6-7-18(16-23)22(25)28-5-2;/h8-11,15,18H,4-7,12-14,16H2,1-3H3;1H. The van der Waals surface area contributed by atoms with Gasteiger partial charge in [-0.2, -0.15) is 0 Å². The van der Waals surface area contributed by atoms with Crippen LogP contribution >= 0.6 is 12.4 Å². The third-order valence-electron chi connectivity index (χ3n) is 4.75. The van der Waals surface area contributed by atoms with E-state index < -0.39 is 0 Å². The molecule has 1 aromatic carbocycles. The summed E-state index contributed by atoms with van der Waals surface area (Å²) in [5.41, 5.74) is 0.887. The molecule has 6 nitrogen and oxygen atoms in total. The second-order valence-electron chi connectivity index (χ2n) is 6.78. The van der Waals surface area contributed by atoms with Crippen LogP contribution in [0.1, 0.15) is 38.7 Å². The van der Waals surface area contributed by atoms with Crippen molar-refractivity contribution in [3.05, 3.63) is 29.8 Å². The van der Waals surface area contributed by atoms with Crippen LogP contribution in [-0.4, -0.2) is 56.6 Å². The summed E-state index contributed by atoms with van der Waals surface area (Å²) in [7, 11) is 1.60. The fourth-order valence-electron chi connectivity index (χ4n) is 3.32. The van der Waals surface area contributed by atoms with Gasteiger partial charge in [0.2, 0.25) is 0 Å². The van der Waals surface area contributed by atoms with Crippen molar-refractivity contribution in [1.82, 2.24) is 4.90 Å². The quantitative estimate of drug-likeness (QED) is 0.420. The fourth-order valence-corrected chi connectivity index (χ4v) is 3.32. The molecule has 0 aliphatic carbocycles. The Balaban J connectivity index is 0.00000420. The van der Waals surface area contributed by atoms with Gasteiger partial charge in [0.25, 0.3) is 0 Å². The van der Waals surface area contributed by atoms with E-state index in [0.29, 0.717) is 44.2 Å². The molecule has 0 bridgehead atoms. The maximum Gasteiger partial charge on any atom is 0.310 e. The summed E-state index contributed by atoms with van der Waals surface area (Å²) in [5, 5.41) is 0. The number of piperidine rings is 1. The number of likely N-dealkylation sites (tertiary alicyclic amines) is 1. The second kappa shape index (κ2) is 13.2. The highest BCUT2D eigenvalue weighted by Gasteiger charge is 2.26. The first-order valence-electron chi connectivity index (χ1n) is 9.98. The van der Waals surface area contributed by atoms with Gasteiger partial charge in [-0.25, -0.2) is 0 Å². The molecule has 1 saturated heterocycles. The normalized spacial score (nSPS) is 16.9. The van der Waals surface area contributed by atoms with Crippen molar-refractivity contribution in [2.24, 2.45) is 5.92 Å². The average molecular weight is 426 g/mol. The van der Waals surface area contributed by atoms with Crippen LogP contribution < -0.4 is 9.47 Å². The maximum absolute atomic E-state index is 12.2. The molecule has 1 unspecified atom stereocenters. The highest BCUT2D eigenvalue weighted by molar-refractivity contribution is 5.93. The molecule has 162 valence electrons. The summed E-state index contributed by atoms with van der Waals surface area (Å²) >= 11 is 0. The summed E-state index contributed by atoms with van der Waals surface area (Å²) in [4.78, 5) is 26.3. The van der Waals surface area contributed by atoms with Crippen LogP contribution in [0, 0.1) is 5.92 Å². The van der Waals surface area contributed by atoms with Crippen molar-refractivity contribution >= 4 is 30.2 Å². The highest BCUT2D eigenvalue weighted by Crippen LogP contribution is 2.28. The molecule has 1 atom stereocenters. The molecule has 1 fully saturated rings. The van der Waals surface area contributed by atoms with E-state index in [1.807, 2.05) is 32.0 Å². The lowest BCUT2D eigenvalue weighted by Crippen LogP contribution is -2.40. The SMILES string of the molecule is CCOC(=O)C1CCCN(CCC(=O)C=Cc2ccc(OC)c(OCC)c2)C1.Cl. The lowest BCUT2D eigenvalue weighted by molar-refractivity contribution is -0.149. The van der Waals surface area contributed by atoms with Gasteiger partial charge in [0.05, 0.1) is 26.2 Å². The minimum absolute atomic E-state index is 0. The van der Waals surface area contributed by atoms with E-state index >= 15 is 0 Å². The van der Waals surface area contributed by atoms with Crippen molar-refractivity contribution < 1.29 is 23.8 Å². The smallest absolute Gasteiger partial charge is 0.310 e. The highest BCUT2D eigenvalue weighted by atomic mass is 35.5. The summed E-state index contributed by atoms with van der Waals surface area (Å²) < 4.78 is 16.0. The minimum atomic E-state index is -0.122. The maximum atomic E-state index is 12.2. The number of carbonyl (C=O) groups excluding carboxylic acids is 2. The van der Waals surface area contributed by atoms with E-state index in [4.69, 9.17) is 14.2 Å². The molecule has 0 spiro atoms. The Bertz CT molecular complexity index is 692. The number of hydrogen-bond donors (Lipinski definition) is 0. The summed E-state index contributed by atoms with van der Waals surface area (Å²) in [6.07, 6.45) is 5.65. The summed E-state index contributed by atoms with van der Waals surface area (Å²) in [5.74, 6) is 1.20. The molecule has 2 rings (SSSR count). The van der Waals surface area contributed by atoms with Crippen LogP contribution in [0.15, 0.2) is 24.3 Å². The number of benzene rings is 1. The zero-order chi connectivity index (χ0) is 20.4. The lowest BCUT2D eigenvalue weighted by Gasteiger charge is -2.31. The monoisotopic (exact) mass is 425 g/mol. The lowest BCUT2D eigenvalue weighted by atomic mass is 9.98. The molecule has 0 N–H and O–H groups in total.